The summed E-state index contributed by atoms with van der Waals surface area (Å²) in [5.74, 6) is -0.247. The molecule has 0 atom stereocenters. The van der Waals surface area contributed by atoms with Crippen LogP contribution in [0, 0.1) is 0 Å². The van der Waals surface area contributed by atoms with E-state index in [0.717, 1.165) is 24.8 Å². The summed E-state index contributed by atoms with van der Waals surface area (Å²) in [6, 6.07) is 5.58. The molecule has 0 bridgehead atoms. The highest BCUT2D eigenvalue weighted by molar-refractivity contribution is 5.95. The van der Waals surface area contributed by atoms with Crippen molar-refractivity contribution in [3.05, 3.63) is 23.8 Å². The molecule has 0 aromatic heterocycles. The van der Waals surface area contributed by atoms with Gasteiger partial charge >= 0.3 is 6.03 Å². The van der Waals surface area contributed by atoms with Gasteiger partial charge in [-0.25, -0.2) is 4.79 Å². The Kier molecular flexibility index (Phi) is 6.40. The quantitative estimate of drug-likeness (QED) is 0.672. The van der Waals surface area contributed by atoms with Crippen LogP contribution in [0.2, 0.25) is 0 Å². The Morgan fingerprint density at radius 3 is 2.57 bits per heavy atom. The van der Waals surface area contributed by atoms with Gasteiger partial charge in [-0.15, -0.1) is 0 Å². The van der Waals surface area contributed by atoms with E-state index in [0.29, 0.717) is 11.4 Å². The first kappa shape index (κ1) is 17.3. The first-order valence-corrected chi connectivity index (χ1v) is 8.32. The SMILES string of the molecule is CCc1ccc(NC(=O)NC2CCCCC2)cc1NC(=O)CN. The molecule has 0 spiro atoms. The molecule has 6 heteroatoms. The Hall–Kier alpha value is -2.08. The predicted molar refractivity (Wildman–Crippen MR) is 92.5 cm³/mol. The topological polar surface area (TPSA) is 96.2 Å². The minimum absolute atomic E-state index is 0.0665. The van der Waals surface area contributed by atoms with Crippen molar-refractivity contribution < 1.29 is 9.59 Å². The van der Waals surface area contributed by atoms with Gasteiger partial charge in [-0.1, -0.05) is 32.3 Å². The van der Waals surface area contributed by atoms with E-state index in [1.807, 2.05) is 19.1 Å². The average Bonchev–Trinajstić information content (AvgIpc) is 2.56. The molecule has 1 saturated carbocycles. The second-order valence-electron chi connectivity index (χ2n) is 5.91. The molecule has 0 unspecified atom stereocenters. The summed E-state index contributed by atoms with van der Waals surface area (Å²) < 4.78 is 0. The number of carbonyl (C=O) groups excluding carboxylic acids is 2. The second-order valence-corrected chi connectivity index (χ2v) is 5.91. The number of rotatable bonds is 5. The number of benzene rings is 1. The molecule has 23 heavy (non-hydrogen) atoms. The van der Waals surface area contributed by atoms with Gasteiger partial charge < -0.3 is 21.7 Å². The van der Waals surface area contributed by atoms with Crippen LogP contribution in [0.15, 0.2) is 18.2 Å². The summed E-state index contributed by atoms with van der Waals surface area (Å²) in [5, 5.41) is 8.62. The third-order valence-corrected chi connectivity index (χ3v) is 4.15. The summed E-state index contributed by atoms with van der Waals surface area (Å²) in [5.41, 5.74) is 7.70. The van der Waals surface area contributed by atoms with Crippen molar-refractivity contribution in [1.29, 1.82) is 0 Å². The fraction of sp³-hybridized carbons (Fsp3) is 0.529. The van der Waals surface area contributed by atoms with Crippen LogP contribution in [-0.4, -0.2) is 24.5 Å². The fourth-order valence-electron chi connectivity index (χ4n) is 2.88. The highest BCUT2D eigenvalue weighted by Gasteiger charge is 2.16. The number of hydrogen-bond donors (Lipinski definition) is 4. The van der Waals surface area contributed by atoms with Crippen molar-refractivity contribution in [3.8, 4) is 0 Å². The lowest BCUT2D eigenvalue weighted by atomic mass is 9.96. The lowest BCUT2D eigenvalue weighted by molar-refractivity contribution is -0.114. The molecule has 0 radical (unpaired) electrons. The zero-order valence-corrected chi connectivity index (χ0v) is 13.7. The second kappa shape index (κ2) is 8.53. The van der Waals surface area contributed by atoms with E-state index in [-0.39, 0.29) is 24.5 Å². The smallest absolute Gasteiger partial charge is 0.319 e. The summed E-state index contributed by atoms with van der Waals surface area (Å²) in [6.45, 7) is 1.94. The molecule has 5 N–H and O–H groups in total. The lowest BCUT2D eigenvalue weighted by Crippen LogP contribution is -2.39. The van der Waals surface area contributed by atoms with Crippen LogP contribution in [0.3, 0.4) is 0 Å². The van der Waals surface area contributed by atoms with Crippen LogP contribution in [0.1, 0.15) is 44.6 Å². The Morgan fingerprint density at radius 1 is 1.17 bits per heavy atom. The largest absolute Gasteiger partial charge is 0.335 e. The number of urea groups is 1. The van der Waals surface area contributed by atoms with E-state index in [1.54, 1.807) is 6.07 Å². The molecule has 0 aliphatic heterocycles. The third-order valence-electron chi connectivity index (χ3n) is 4.15. The maximum absolute atomic E-state index is 12.1. The van der Waals surface area contributed by atoms with Crippen LogP contribution in [-0.2, 0) is 11.2 Å². The molecular weight excluding hydrogens is 292 g/mol. The van der Waals surface area contributed by atoms with Gasteiger partial charge in [0, 0.05) is 17.4 Å². The van der Waals surface area contributed by atoms with E-state index in [9.17, 15) is 9.59 Å². The number of carbonyl (C=O) groups is 2. The Balaban J connectivity index is 1.99. The zero-order chi connectivity index (χ0) is 16.7. The highest BCUT2D eigenvalue weighted by Crippen LogP contribution is 2.22. The molecular formula is C17H26N4O2. The first-order valence-electron chi connectivity index (χ1n) is 8.32. The summed E-state index contributed by atoms with van der Waals surface area (Å²) in [4.78, 5) is 23.6. The van der Waals surface area contributed by atoms with Crippen LogP contribution in [0.4, 0.5) is 16.2 Å². The molecule has 1 aliphatic rings. The molecule has 6 nitrogen and oxygen atoms in total. The van der Waals surface area contributed by atoms with Crippen molar-refractivity contribution in [2.24, 2.45) is 5.73 Å². The monoisotopic (exact) mass is 318 g/mol. The maximum atomic E-state index is 12.1. The molecule has 126 valence electrons. The number of amides is 3. The van der Waals surface area contributed by atoms with Crippen LogP contribution in [0.25, 0.3) is 0 Å². The van der Waals surface area contributed by atoms with Crippen molar-refractivity contribution in [2.45, 2.75) is 51.5 Å². The summed E-state index contributed by atoms with van der Waals surface area (Å²) >= 11 is 0. The third kappa shape index (κ3) is 5.25. The van der Waals surface area contributed by atoms with E-state index in [1.165, 1.54) is 19.3 Å². The normalized spacial score (nSPS) is 15.0. The molecule has 0 saturated heterocycles. The Morgan fingerprint density at radius 2 is 1.91 bits per heavy atom. The molecule has 1 aromatic carbocycles. The van der Waals surface area contributed by atoms with Gasteiger partial charge in [-0.2, -0.15) is 0 Å². The molecule has 1 fully saturated rings. The van der Waals surface area contributed by atoms with E-state index >= 15 is 0 Å². The number of anilines is 2. The van der Waals surface area contributed by atoms with Crippen LogP contribution in [0.5, 0.6) is 0 Å². The number of nitrogens with two attached hydrogens (primary N) is 1. The van der Waals surface area contributed by atoms with Crippen LogP contribution >= 0.6 is 0 Å². The van der Waals surface area contributed by atoms with E-state index in [4.69, 9.17) is 5.73 Å². The number of aryl methyl sites for hydroxylation is 1. The van der Waals surface area contributed by atoms with Crippen LogP contribution < -0.4 is 21.7 Å². The summed E-state index contributed by atoms with van der Waals surface area (Å²) in [6.07, 6.45) is 6.47. The van der Waals surface area contributed by atoms with Crippen molar-refractivity contribution in [3.63, 3.8) is 0 Å². The van der Waals surface area contributed by atoms with Crippen molar-refractivity contribution in [1.82, 2.24) is 5.32 Å². The first-order chi connectivity index (χ1) is 11.1. The molecule has 1 aliphatic carbocycles. The highest BCUT2D eigenvalue weighted by atomic mass is 16.2. The molecule has 2 rings (SSSR count). The maximum Gasteiger partial charge on any atom is 0.319 e. The molecule has 1 aromatic rings. The van der Waals surface area contributed by atoms with Gasteiger partial charge in [0.1, 0.15) is 0 Å². The van der Waals surface area contributed by atoms with Crippen molar-refractivity contribution in [2.75, 3.05) is 17.2 Å². The van der Waals surface area contributed by atoms with Crippen molar-refractivity contribution >= 4 is 23.3 Å². The lowest BCUT2D eigenvalue weighted by Gasteiger charge is -2.23. The molecule has 3 amide bonds. The van der Waals surface area contributed by atoms with E-state index in [2.05, 4.69) is 16.0 Å². The molecule has 0 heterocycles. The Bertz CT molecular complexity index is 554. The van der Waals surface area contributed by atoms with Gasteiger partial charge in [-0.05, 0) is 37.0 Å². The summed E-state index contributed by atoms with van der Waals surface area (Å²) in [7, 11) is 0. The minimum atomic E-state index is -0.247. The average molecular weight is 318 g/mol. The van der Waals surface area contributed by atoms with Gasteiger partial charge in [0.2, 0.25) is 5.91 Å². The zero-order valence-electron chi connectivity index (χ0n) is 13.7. The van der Waals surface area contributed by atoms with E-state index < -0.39 is 0 Å². The standard InChI is InChI=1S/C17H26N4O2/c1-2-12-8-9-14(10-15(12)21-16(22)11-18)20-17(23)19-13-6-4-3-5-7-13/h8-10,13H,2-7,11,18H2,1H3,(H,21,22)(H2,19,20,23). The van der Waals surface area contributed by atoms with Gasteiger partial charge in [0.05, 0.1) is 6.54 Å². The van der Waals surface area contributed by atoms with Gasteiger partial charge in [0.25, 0.3) is 0 Å². The van der Waals surface area contributed by atoms with Gasteiger partial charge in [0.15, 0.2) is 0 Å². The fourth-order valence-corrected chi connectivity index (χ4v) is 2.88. The van der Waals surface area contributed by atoms with Gasteiger partial charge in [-0.3, -0.25) is 4.79 Å². The number of nitrogens with one attached hydrogen (secondary N) is 3. The number of hydrogen-bond acceptors (Lipinski definition) is 3. The minimum Gasteiger partial charge on any atom is -0.335 e. The predicted octanol–water partition coefficient (Wildman–Crippen LogP) is 2.60. The Labute approximate surface area is 137 Å².